The molecule has 0 aliphatic rings. The first kappa shape index (κ1) is 11.8. The largest absolute Gasteiger partial charge is 0.455 e. The van der Waals surface area contributed by atoms with Crippen LogP contribution in [0.15, 0.2) is 54.9 Å². The van der Waals surface area contributed by atoms with Crippen molar-refractivity contribution in [1.82, 2.24) is 4.98 Å². The van der Waals surface area contributed by atoms with E-state index in [0.29, 0.717) is 22.2 Å². The van der Waals surface area contributed by atoms with Crippen LogP contribution in [0.3, 0.4) is 0 Å². The number of hydrogen-bond acceptors (Lipinski definition) is 3. The zero-order valence-electron chi connectivity index (χ0n) is 10.0. The molecule has 0 saturated heterocycles. The van der Waals surface area contributed by atoms with Gasteiger partial charge in [-0.05, 0) is 36.4 Å². The molecule has 0 amide bonds. The molecular weight excluding hydrogens is 260 g/mol. The van der Waals surface area contributed by atoms with Crippen molar-refractivity contribution < 1.29 is 4.74 Å². The van der Waals surface area contributed by atoms with E-state index >= 15 is 0 Å². The van der Waals surface area contributed by atoms with Crippen molar-refractivity contribution in [2.45, 2.75) is 0 Å². The summed E-state index contributed by atoms with van der Waals surface area (Å²) >= 11 is 5.93. The van der Waals surface area contributed by atoms with Gasteiger partial charge < -0.3 is 10.5 Å². The monoisotopic (exact) mass is 270 g/mol. The number of halogens is 1. The Morgan fingerprint density at radius 1 is 1.11 bits per heavy atom. The lowest BCUT2D eigenvalue weighted by atomic mass is 10.1. The maximum Gasteiger partial charge on any atom is 0.150 e. The zero-order valence-corrected chi connectivity index (χ0v) is 10.8. The molecule has 2 aromatic carbocycles. The van der Waals surface area contributed by atoms with Crippen LogP contribution in [0.4, 0.5) is 5.69 Å². The first-order valence-electron chi connectivity index (χ1n) is 5.80. The number of rotatable bonds is 2. The third-order valence-electron chi connectivity index (χ3n) is 2.85. The second-order valence-corrected chi connectivity index (χ2v) is 4.57. The van der Waals surface area contributed by atoms with Gasteiger partial charge in [-0.15, -0.1) is 0 Å². The van der Waals surface area contributed by atoms with Gasteiger partial charge in [0.2, 0.25) is 0 Å². The highest BCUT2D eigenvalue weighted by atomic mass is 35.5. The summed E-state index contributed by atoms with van der Waals surface area (Å²) in [5, 5.41) is 2.54. The SMILES string of the molecule is Nc1c(Oc2cccc(Cl)c2)ccc2cnccc12. The van der Waals surface area contributed by atoms with Crippen LogP contribution in [0.25, 0.3) is 10.8 Å². The number of ether oxygens (including phenoxy) is 1. The van der Waals surface area contributed by atoms with Crippen molar-refractivity contribution in [1.29, 1.82) is 0 Å². The first-order chi connectivity index (χ1) is 9.24. The molecule has 3 nitrogen and oxygen atoms in total. The van der Waals surface area contributed by atoms with Gasteiger partial charge in [-0.1, -0.05) is 17.7 Å². The van der Waals surface area contributed by atoms with Gasteiger partial charge in [-0.2, -0.15) is 0 Å². The Kier molecular flexibility index (Phi) is 2.97. The zero-order chi connectivity index (χ0) is 13.2. The Morgan fingerprint density at radius 2 is 2.00 bits per heavy atom. The molecule has 0 saturated carbocycles. The number of anilines is 1. The number of aromatic nitrogens is 1. The summed E-state index contributed by atoms with van der Waals surface area (Å²) in [5.41, 5.74) is 6.72. The van der Waals surface area contributed by atoms with Crippen LogP contribution in [0.5, 0.6) is 11.5 Å². The number of fused-ring (bicyclic) bond motifs is 1. The number of nitrogens with two attached hydrogens (primary N) is 1. The van der Waals surface area contributed by atoms with Crippen molar-refractivity contribution in [3.63, 3.8) is 0 Å². The van der Waals surface area contributed by atoms with Crippen LogP contribution in [0.1, 0.15) is 0 Å². The van der Waals surface area contributed by atoms with Crippen molar-refractivity contribution >= 4 is 28.1 Å². The molecule has 1 heterocycles. The lowest BCUT2D eigenvalue weighted by Gasteiger charge is -2.10. The molecule has 4 heteroatoms. The topological polar surface area (TPSA) is 48.1 Å². The lowest BCUT2D eigenvalue weighted by molar-refractivity contribution is 0.486. The molecule has 0 aliphatic heterocycles. The van der Waals surface area contributed by atoms with Gasteiger partial charge in [0, 0.05) is 28.2 Å². The molecule has 0 radical (unpaired) electrons. The summed E-state index contributed by atoms with van der Waals surface area (Å²) in [6.07, 6.45) is 3.48. The van der Waals surface area contributed by atoms with Gasteiger partial charge in [-0.25, -0.2) is 0 Å². The minimum Gasteiger partial charge on any atom is -0.455 e. The van der Waals surface area contributed by atoms with Crippen molar-refractivity contribution in [3.8, 4) is 11.5 Å². The predicted molar refractivity (Wildman–Crippen MR) is 77.7 cm³/mol. The minimum absolute atomic E-state index is 0.597. The van der Waals surface area contributed by atoms with E-state index in [1.807, 2.05) is 30.3 Å². The summed E-state index contributed by atoms with van der Waals surface area (Å²) in [7, 11) is 0. The molecule has 0 bridgehead atoms. The highest BCUT2D eigenvalue weighted by molar-refractivity contribution is 6.30. The molecule has 94 valence electrons. The summed E-state index contributed by atoms with van der Waals surface area (Å²) in [6.45, 7) is 0. The van der Waals surface area contributed by atoms with Crippen molar-refractivity contribution in [2.75, 3.05) is 5.73 Å². The van der Waals surface area contributed by atoms with Gasteiger partial charge in [0.05, 0.1) is 5.69 Å². The fraction of sp³-hybridized carbons (Fsp3) is 0. The predicted octanol–water partition coefficient (Wildman–Crippen LogP) is 4.26. The molecule has 3 rings (SSSR count). The fourth-order valence-corrected chi connectivity index (χ4v) is 2.10. The van der Waals surface area contributed by atoms with Gasteiger partial charge in [-0.3, -0.25) is 4.98 Å². The average Bonchev–Trinajstić information content (AvgIpc) is 2.42. The van der Waals surface area contributed by atoms with E-state index < -0.39 is 0 Å². The lowest BCUT2D eigenvalue weighted by Crippen LogP contribution is -1.93. The second kappa shape index (κ2) is 4.78. The summed E-state index contributed by atoms with van der Waals surface area (Å²) < 4.78 is 5.77. The second-order valence-electron chi connectivity index (χ2n) is 4.13. The third-order valence-corrected chi connectivity index (χ3v) is 3.08. The number of hydrogen-bond donors (Lipinski definition) is 1. The average molecular weight is 271 g/mol. The van der Waals surface area contributed by atoms with Crippen LogP contribution in [0, 0.1) is 0 Å². The summed E-state index contributed by atoms with van der Waals surface area (Å²) in [4.78, 5) is 4.07. The number of nitrogens with zero attached hydrogens (tertiary/aromatic N) is 1. The van der Waals surface area contributed by atoms with E-state index in [1.54, 1.807) is 24.5 Å². The summed E-state index contributed by atoms with van der Waals surface area (Å²) in [5.74, 6) is 1.27. The number of pyridine rings is 1. The maximum atomic E-state index is 6.12. The molecule has 0 spiro atoms. The van der Waals surface area contributed by atoms with E-state index in [1.165, 1.54) is 0 Å². The van der Waals surface area contributed by atoms with Crippen LogP contribution >= 0.6 is 11.6 Å². The van der Waals surface area contributed by atoms with Gasteiger partial charge >= 0.3 is 0 Å². The van der Waals surface area contributed by atoms with Crippen LogP contribution in [-0.2, 0) is 0 Å². The molecule has 0 atom stereocenters. The Morgan fingerprint density at radius 3 is 2.84 bits per heavy atom. The molecule has 0 unspecified atom stereocenters. The highest BCUT2D eigenvalue weighted by Crippen LogP contribution is 2.33. The van der Waals surface area contributed by atoms with E-state index in [4.69, 9.17) is 22.1 Å². The quantitative estimate of drug-likeness (QED) is 0.708. The molecular formula is C15H11ClN2O. The normalized spacial score (nSPS) is 10.6. The Balaban J connectivity index is 2.04. The molecule has 0 fully saturated rings. The van der Waals surface area contributed by atoms with Crippen LogP contribution < -0.4 is 10.5 Å². The van der Waals surface area contributed by atoms with Crippen LogP contribution in [0.2, 0.25) is 5.02 Å². The van der Waals surface area contributed by atoms with E-state index in [0.717, 1.165) is 10.8 Å². The molecule has 3 aromatic rings. The van der Waals surface area contributed by atoms with Gasteiger partial charge in [0.25, 0.3) is 0 Å². The number of nitrogen functional groups attached to an aromatic ring is 1. The highest BCUT2D eigenvalue weighted by Gasteiger charge is 2.06. The molecule has 2 N–H and O–H groups in total. The molecule has 0 aliphatic carbocycles. The van der Waals surface area contributed by atoms with Gasteiger partial charge in [0.1, 0.15) is 5.75 Å². The van der Waals surface area contributed by atoms with E-state index in [2.05, 4.69) is 4.98 Å². The van der Waals surface area contributed by atoms with Crippen molar-refractivity contribution in [3.05, 3.63) is 59.9 Å². The smallest absolute Gasteiger partial charge is 0.150 e. The van der Waals surface area contributed by atoms with E-state index in [-0.39, 0.29) is 0 Å². The Hall–Kier alpha value is -2.26. The number of benzene rings is 2. The Labute approximate surface area is 115 Å². The van der Waals surface area contributed by atoms with E-state index in [9.17, 15) is 0 Å². The minimum atomic E-state index is 0.597. The standard InChI is InChI=1S/C15H11ClN2O/c16-11-2-1-3-12(8-11)19-14-5-4-10-9-18-7-6-13(10)15(14)17/h1-9H,17H2. The van der Waals surface area contributed by atoms with Crippen LogP contribution in [-0.4, -0.2) is 4.98 Å². The third kappa shape index (κ3) is 2.33. The van der Waals surface area contributed by atoms with Gasteiger partial charge in [0.15, 0.2) is 5.75 Å². The van der Waals surface area contributed by atoms with Crippen molar-refractivity contribution in [2.24, 2.45) is 0 Å². The Bertz CT molecular complexity index is 743. The first-order valence-corrected chi connectivity index (χ1v) is 6.17. The molecule has 1 aromatic heterocycles. The summed E-state index contributed by atoms with van der Waals surface area (Å²) in [6, 6.07) is 12.8. The molecule has 19 heavy (non-hydrogen) atoms. The maximum absolute atomic E-state index is 6.12. The fourth-order valence-electron chi connectivity index (χ4n) is 1.92.